The smallest absolute Gasteiger partial charge is 0.414 e. The average molecular weight is 456 g/mol. The number of rotatable bonds is 6. The molecular formula is C19H25FN4O6S. The number of hydroxylamine groups is 2. The summed E-state index contributed by atoms with van der Waals surface area (Å²) in [6.07, 6.45) is -1.60. The van der Waals surface area contributed by atoms with E-state index in [-0.39, 0.29) is 19.2 Å². The predicted molar refractivity (Wildman–Crippen MR) is 113 cm³/mol. The van der Waals surface area contributed by atoms with E-state index in [9.17, 15) is 18.8 Å². The third kappa shape index (κ3) is 5.50. The third-order valence-corrected chi connectivity index (χ3v) is 5.27. The van der Waals surface area contributed by atoms with Gasteiger partial charge < -0.3 is 19.3 Å². The van der Waals surface area contributed by atoms with E-state index in [0.717, 1.165) is 5.06 Å². The number of carbonyl (C=O) groups is 3. The minimum Gasteiger partial charge on any atom is -0.450 e. The van der Waals surface area contributed by atoms with E-state index in [4.69, 9.17) is 14.3 Å². The lowest BCUT2D eigenvalue weighted by molar-refractivity contribution is -0.113. The molecule has 2 aliphatic rings. The Morgan fingerprint density at radius 3 is 2.61 bits per heavy atom. The number of cyclic esters (lactones) is 1. The van der Waals surface area contributed by atoms with Crippen molar-refractivity contribution >= 4 is 41.4 Å². The second kappa shape index (κ2) is 10.1. The van der Waals surface area contributed by atoms with Crippen LogP contribution in [0.3, 0.4) is 0 Å². The molecule has 1 aromatic rings. The molecule has 0 unspecified atom stereocenters. The van der Waals surface area contributed by atoms with E-state index in [0.29, 0.717) is 44.2 Å². The summed E-state index contributed by atoms with van der Waals surface area (Å²) in [4.78, 5) is 45.0. The number of halogens is 1. The molecule has 2 fully saturated rings. The molecule has 0 N–H and O–H groups in total. The molecule has 12 heteroatoms. The van der Waals surface area contributed by atoms with Crippen molar-refractivity contribution in [1.82, 2.24) is 9.96 Å². The van der Waals surface area contributed by atoms with Gasteiger partial charge in [-0.2, -0.15) is 0 Å². The number of benzene rings is 1. The standard InChI is InChI=1S/C19H25FN4O6S/c1-3-28-17(25)23-8-6-22(7-9-23)16-5-4-13(10-15(16)20)24-11-14(30-18(24)26)12-29-21(2)19(27)31/h4-5,10,14H,3,6-9,11-12H2,1-2H3,(H,27,31)/t14-/m0/s1. The average Bonchev–Trinajstić information content (AvgIpc) is 3.12. The quantitative estimate of drug-likeness (QED) is 0.519. The SMILES string of the molecule is CCOC(=O)N1CCN(c2ccc(N3C[C@@H](CON(C)C(=O)S)OC3=O)cc2F)CC1. The highest BCUT2D eigenvalue weighted by Crippen LogP contribution is 2.28. The number of anilines is 2. The zero-order chi connectivity index (χ0) is 22.5. The van der Waals surface area contributed by atoms with Crippen LogP contribution in [0, 0.1) is 5.82 Å². The van der Waals surface area contributed by atoms with Gasteiger partial charge in [0.1, 0.15) is 18.5 Å². The van der Waals surface area contributed by atoms with E-state index in [1.807, 2.05) is 4.90 Å². The molecule has 31 heavy (non-hydrogen) atoms. The van der Waals surface area contributed by atoms with Gasteiger partial charge in [0.25, 0.3) is 0 Å². The van der Waals surface area contributed by atoms with Crippen LogP contribution < -0.4 is 9.80 Å². The van der Waals surface area contributed by atoms with Crippen LogP contribution in [0.1, 0.15) is 6.92 Å². The van der Waals surface area contributed by atoms with Crippen molar-refractivity contribution < 1.29 is 33.1 Å². The summed E-state index contributed by atoms with van der Waals surface area (Å²) in [5.74, 6) is -0.477. The monoisotopic (exact) mass is 456 g/mol. The molecule has 170 valence electrons. The number of hydrogen-bond donors (Lipinski definition) is 1. The number of nitrogens with zero attached hydrogens (tertiary/aromatic N) is 4. The van der Waals surface area contributed by atoms with Gasteiger partial charge in [0.2, 0.25) is 0 Å². The van der Waals surface area contributed by atoms with Crippen LogP contribution in [0.25, 0.3) is 0 Å². The lowest BCUT2D eigenvalue weighted by atomic mass is 10.2. The molecular weight excluding hydrogens is 431 g/mol. The number of thiol groups is 1. The molecule has 3 amide bonds. The zero-order valence-corrected chi connectivity index (χ0v) is 18.2. The molecule has 1 aromatic carbocycles. The van der Waals surface area contributed by atoms with Gasteiger partial charge in [-0.1, -0.05) is 12.6 Å². The van der Waals surface area contributed by atoms with Gasteiger partial charge in [0, 0.05) is 33.2 Å². The summed E-state index contributed by atoms with van der Waals surface area (Å²) >= 11 is 3.62. The van der Waals surface area contributed by atoms with Crippen LogP contribution in [0.2, 0.25) is 0 Å². The van der Waals surface area contributed by atoms with Crippen LogP contribution in [0.5, 0.6) is 0 Å². The Morgan fingerprint density at radius 1 is 1.29 bits per heavy atom. The summed E-state index contributed by atoms with van der Waals surface area (Å²) in [6.45, 7) is 3.99. The summed E-state index contributed by atoms with van der Waals surface area (Å²) in [5.41, 5.74) is 0.756. The number of carbonyl (C=O) groups excluding carboxylic acids is 3. The molecule has 10 nitrogen and oxygen atoms in total. The molecule has 0 aliphatic carbocycles. The largest absolute Gasteiger partial charge is 0.450 e. The van der Waals surface area contributed by atoms with Crippen molar-refractivity contribution in [2.45, 2.75) is 13.0 Å². The molecule has 0 saturated carbocycles. The zero-order valence-electron chi connectivity index (χ0n) is 17.3. The van der Waals surface area contributed by atoms with Crippen LogP contribution in [0.15, 0.2) is 18.2 Å². The van der Waals surface area contributed by atoms with Gasteiger partial charge in [-0.15, -0.1) is 0 Å². The van der Waals surface area contributed by atoms with Crippen LogP contribution in [-0.4, -0.2) is 86.5 Å². The fourth-order valence-corrected chi connectivity index (χ4v) is 3.39. The van der Waals surface area contributed by atoms with Crippen LogP contribution in [0.4, 0.5) is 30.1 Å². The van der Waals surface area contributed by atoms with E-state index in [1.54, 1.807) is 24.0 Å². The summed E-state index contributed by atoms with van der Waals surface area (Å²) in [6, 6.07) is 4.53. The molecule has 1 atom stereocenters. The highest BCUT2D eigenvalue weighted by molar-refractivity contribution is 7.96. The molecule has 0 spiro atoms. The summed E-state index contributed by atoms with van der Waals surface area (Å²) in [5, 5.41) is 0.345. The van der Waals surface area contributed by atoms with Crippen molar-refractivity contribution in [2.75, 3.05) is 62.8 Å². The maximum absolute atomic E-state index is 14.8. The Balaban J connectivity index is 1.59. The highest BCUT2D eigenvalue weighted by Gasteiger charge is 2.34. The van der Waals surface area contributed by atoms with E-state index >= 15 is 0 Å². The fraction of sp³-hybridized carbons (Fsp3) is 0.526. The fourth-order valence-electron chi connectivity index (χ4n) is 3.33. The third-order valence-electron chi connectivity index (χ3n) is 4.99. The van der Waals surface area contributed by atoms with Gasteiger partial charge >= 0.3 is 17.4 Å². The Hall–Kier alpha value is -2.73. The first-order valence-electron chi connectivity index (χ1n) is 9.84. The predicted octanol–water partition coefficient (Wildman–Crippen LogP) is 2.34. The molecule has 0 bridgehead atoms. The van der Waals surface area contributed by atoms with Gasteiger partial charge in [0.15, 0.2) is 0 Å². The Kier molecular flexibility index (Phi) is 7.44. The normalized spacial score (nSPS) is 18.8. The van der Waals surface area contributed by atoms with E-state index in [2.05, 4.69) is 12.6 Å². The first-order valence-corrected chi connectivity index (χ1v) is 10.3. The number of hydrogen-bond acceptors (Lipinski definition) is 7. The molecule has 3 rings (SSSR count). The molecule has 2 aliphatic heterocycles. The second-order valence-corrected chi connectivity index (χ2v) is 7.38. The summed E-state index contributed by atoms with van der Waals surface area (Å²) < 4.78 is 25.0. The van der Waals surface area contributed by atoms with Crippen molar-refractivity contribution in [1.29, 1.82) is 0 Å². The minimum absolute atomic E-state index is 0.0314. The lowest BCUT2D eigenvalue weighted by Crippen LogP contribution is -2.49. The molecule has 0 radical (unpaired) electrons. The van der Waals surface area contributed by atoms with E-state index < -0.39 is 23.3 Å². The Morgan fingerprint density at radius 2 is 2.00 bits per heavy atom. The maximum atomic E-state index is 14.8. The van der Waals surface area contributed by atoms with Crippen molar-refractivity contribution in [3.8, 4) is 0 Å². The maximum Gasteiger partial charge on any atom is 0.414 e. The van der Waals surface area contributed by atoms with Crippen molar-refractivity contribution in [2.24, 2.45) is 0 Å². The molecule has 2 saturated heterocycles. The van der Waals surface area contributed by atoms with Gasteiger partial charge in [-0.25, -0.2) is 19.0 Å². The Labute approximate surface area is 184 Å². The highest BCUT2D eigenvalue weighted by atomic mass is 32.1. The Bertz CT molecular complexity index is 836. The van der Waals surface area contributed by atoms with Gasteiger partial charge in [-0.3, -0.25) is 14.5 Å². The van der Waals surface area contributed by atoms with Crippen molar-refractivity contribution in [3.05, 3.63) is 24.0 Å². The number of piperazine rings is 1. The first-order chi connectivity index (χ1) is 14.8. The molecule has 0 aromatic heterocycles. The lowest BCUT2D eigenvalue weighted by Gasteiger charge is -2.35. The van der Waals surface area contributed by atoms with Crippen molar-refractivity contribution in [3.63, 3.8) is 0 Å². The van der Waals surface area contributed by atoms with Gasteiger partial charge in [-0.05, 0) is 25.1 Å². The van der Waals surface area contributed by atoms with Crippen LogP contribution in [-0.2, 0) is 14.3 Å². The topological polar surface area (TPSA) is 91.9 Å². The first kappa shape index (κ1) is 22.9. The van der Waals surface area contributed by atoms with E-state index in [1.165, 1.54) is 18.0 Å². The minimum atomic E-state index is -0.622. The number of ether oxygens (including phenoxy) is 2. The van der Waals surface area contributed by atoms with Crippen LogP contribution >= 0.6 is 12.6 Å². The summed E-state index contributed by atoms with van der Waals surface area (Å²) in [7, 11) is 1.39. The number of amides is 3. The van der Waals surface area contributed by atoms with Gasteiger partial charge in [0.05, 0.1) is 24.5 Å². The molecule has 2 heterocycles. The second-order valence-electron chi connectivity index (χ2n) is 7.00.